The summed E-state index contributed by atoms with van der Waals surface area (Å²) in [6, 6.07) is 57.7. The van der Waals surface area contributed by atoms with Crippen molar-refractivity contribution in [1.29, 1.82) is 15.8 Å². The Hall–Kier alpha value is -7.39. The third kappa shape index (κ3) is 4.31. The third-order valence-corrected chi connectivity index (χ3v) is 9.64. The SMILES string of the molecule is N#Cc1ccc(-c2ccccc2-n2c3ccccc3c3ccccc32)c(-c2cc(-n3c4ccccc4c4cc(C#N)ccc43)ccc2C#N)c1. The van der Waals surface area contributed by atoms with Gasteiger partial charge in [0.1, 0.15) is 0 Å². The van der Waals surface area contributed by atoms with E-state index in [2.05, 4.69) is 100 Å². The second-order valence-corrected chi connectivity index (χ2v) is 12.3. The number of hydrogen-bond donors (Lipinski definition) is 0. The molecule has 0 saturated carbocycles. The highest BCUT2D eigenvalue weighted by molar-refractivity contribution is 6.11. The topological polar surface area (TPSA) is 81.2 Å². The van der Waals surface area contributed by atoms with Crippen LogP contribution in [0, 0.1) is 34.0 Å². The van der Waals surface area contributed by atoms with Crippen LogP contribution in [-0.4, -0.2) is 9.13 Å². The minimum Gasteiger partial charge on any atom is -0.309 e. The average molecular weight is 636 g/mol. The summed E-state index contributed by atoms with van der Waals surface area (Å²) in [5.74, 6) is 0. The zero-order valence-electron chi connectivity index (χ0n) is 26.7. The Morgan fingerprint density at radius 3 is 1.60 bits per heavy atom. The lowest BCUT2D eigenvalue weighted by Gasteiger charge is -2.18. The first-order valence-corrected chi connectivity index (χ1v) is 16.3. The molecule has 0 atom stereocenters. The number of fused-ring (bicyclic) bond motifs is 6. The molecule has 0 aliphatic carbocycles. The van der Waals surface area contributed by atoms with E-state index in [9.17, 15) is 15.8 Å². The molecule has 0 bridgehead atoms. The second kappa shape index (κ2) is 11.4. The second-order valence-electron chi connectivity index (χ2n) is 12.3. The molecule has 0 aliphatic heterocycles. The molecule has 0 radical (unpaired) electrons. The van der Waals surface area contributed by atoms with Crippen LogP contribution in [0.3, 0.4) is 0 Å². The molecule has 2 aromatic heterocycles. The Balaban J connectivity index is 1.32. The average Bonchev–Trinajstić information content (AvgIpc) is 3.70. The highest BCUT2D eigenvalue weighted by Crippen LogP contribution is 2.42. The Bertz CT molecular complexity index is 2920. The van der Waals surface area contributed by atoms with Crippen molar-refractivity contribution in [2.45, 2.75) is 0 Å². The minimum absolute atomic E-state index is 0.506. The van der Waals surface area contributed by atoms with Crippen LogP contribution in [0.5, 0.6) is 0 Å². The third-order valence-electron chi connectivity index (χ3n) is 9.64. The van der Waals surface area contributed by atoms with Crippen molar-refractivity contribution in [2.75, 3.05) is 0 Å². The highest BCUT2D eigenvalue weighted by atomic mass is 15.0. The number of nitriles is 3. The van der Waals surface area contributed by atoms with Gasteiger partial charge in [-0.3, -0.25) is 0 Å². The minimum atomic E-state index is 0.506. The lowest BCUT2D eigenvalue weighted by Crippen LogP contribution is -2.00. The van der Waals surface area contributed by atoms with E-state index in [0.29, 0.717) is 16.7 Å². The van der Waals surface area contributed by atoms with Gasteiger partial charge < -0.3 is 9.13 Å². The summed E-state index contributed by atoms with van der Waals surface area (Å²) in [7, 11) is 0. The maximum absolute atomic E-state index is 10.5. The van der Waals surface area contributed by atoms with E-state index >= 15 is 0 Å². The Morgan fingerprint density at radius 1 is 0.360 bits per heavy atom. The van der Waals surface area contributed by atoms with Gasteiger partial charge in [-0.2, -0.15) is 15.8 Å². The van der Waals surface area contributed by atoms with Crippen LogP contribution in [0.4, 0.5) is 0 Å². The molecule has 5 heteroatoms. The molecule has 0 unspecified atom stereocenters. The van der Waals surface area contributed by atoms with Gasteiger partial charge in [0.15, 0.2) is 0 Å². The van der Waals surface area contributed by atoms with Crippen molar-refractivity contribution in [3.8, 4) is 51.8 Å². The standard InChI is InChI=1S/C45H25N5/c46-26-29-17-21-33(34-9-1-6-14-42(34)50-43-15-7-2-10-35(43)36-11-3-8-16-44(36)50)39(23-29)38-25-32(20-19-31(38)28-48)49-41-13-5-4-12-37(41)40-24-30(27-47)18-22-45(40)49/h1-25H. The molecule has 0 aliphatic rings. The Labute approximate surface area is 287 Å². The summed E-state index contributed by atoms with van der Waals surface area (Å²) in [5, 5.41) is 34.6. The largest absolute Gasteiger partial charge is 0.309 e. The zero-order valence-corrected chi connectivity index (χ0v) is 26.7. The first-order valence-electron chi connectivity index (χ1n) is 16.3. The van der Waals surface area contributed by atoms with Gasteiger partial charge in [0.25, 0.3) is 0 Å². The van der Waals surface area contributed by atoms with E-state index in [0.717, 1.165) is 66.5 Å². The van der Waals surface area contributed by atoms with Gasteiger partial charge in [-0.05, 0) is 83.9 Å². The molecular formula is C45H25N5. The molecule has 0 saturated heterocycles. The van der Waals surface area contributed by atoms with Gasteiger partial charge in [0, 0.05) is 38.4 Å². The summed E-state index contributed by atoms with van der Waals surface area (Å²) in [6.45, 7) is 0. The summed E-state index contributed by atoms with van der Waals surface area (Å²) >= 11 is 0. The van der Waals surface area contributed by atoms with Crippen molar-refractivity contribution in [3.05, 3.63) is 168 Å². The molecule has 0 N–H and O–H groups in total. The number of hydrogen-bond acceptors (Lipinski definition) is 3. The first kappa shape index (κ1) is 28.8. The first-order chi connectivity index (χ1) is 24.7. The zero-order chi connectivity index (χ0) is 33.8. The predicted octanol–water partition coefficient (Wildman–Crippen LogP) is 10.8. The van der Waals surface area contributed by atoms with Crippen LogP contribution in [0.2, 0.25) is 0 Å². The van der Waals surface area contributed by atoms with E-state index in [-0.39, 0.29) is 0 Å². The summed E-state index contributed by atoms with van der Waals surface area (Å²) < 4.78 is 4.48. The molecule has 0 spiro atoms. The van der Waals surface area contributed by atoms with Gasteiger partial charge >= 0.3 is 0 Å². The fourth-order valence-corrected chi connectivity index (χ4v) is 7.46. The van der Waals surface area contributed by atoms with E-state index in [4.69, 9.17) is 0 Å². The number of nitrogens with zero attached hydrogens (tertiary/aromatic N) is 5. The van der Waals surface area contributed by atoms with E-state index in [1.54, 1.807) is 0 Å². The normalized spacial score (nSPS) is 11.1. The number of rotatable bonds is 4. The van der Waals surface area contributed by atoms with Gasteiger partial charge in [0.05, 0.1) is 62.7 Å². The van der Waals surface area contributed by atoms with E-state index < -0.39 is 0 Å². The maximum Gasteiger partial charge on any atom is 0.0998 e. The molecule has 0 amide bonds. The molecule has 0 fully saturated rings. The van der Waals surface area contributed by atoms with Crippen molar-refractivity contribution < 1.29 is 0 Å². The molecule has 5 nitrogen and oxygen atoms in total. The molecule has 7 aromatic carbocycles. The van der Waals surface area contributed by atoms with Crippen LogP contribution in [0.15, 0.2) is 152 Å². The van der Waals surface area contributed by atoms with Crippen molar-refractivity contribution in [1.82, 2.24) is 9.13 Å². The van der Waals surface area contributed by atoms with Crippen LogP contribution >= 0.6 is 0 Å². The van der Waals surface area contributed by atoms with Crippen LogP contribution in [-0.2, 0) is 0 Å². The van der Waals surface area contributed by atoms with Gasteiger partial charge in [0.2, 0.25) is 0 Å². The molecular weight excluding hydrogens is 611 g/mol. The number of benzene rings is 7. The number of para-hydroxylation sites is 4. The predicted molar refractivity (Wildman–Crippen MR) is 200 cm³/mol. The fourth-order valence-electron chi connectivity index (χ4n) is 7.46. The number of aromatic nitrogens is 2. The summed E-state index contributed by atoms with van der Waals surface area (Å²) in [6.07, 6.45) is 0. The Kier molecular flexibility index (Phi) is 6.56. The molecule has 50 heavy (non-hydrogen) atoms. The fraction of sp³-hybridized carbons (Fsp3) is 0. The molecule has 230 valence electrons. The van der Waals surface area contributed by atoms with E-state index in [1.807, 2.05) is 78.9 Å². The Morgan fingerprint density at radius 2 is 0.920 bits per heavy atom. The monoisotopic (exact) mass is 635 g/mol. The summed E-state index contributed by atoms with van der Waals surface area (Å²) in [4.78, 5) is 0. The van der Waals surface area contributed by atoms with Gasteiger partial charge in [-0.15, -0.1) is 0 Å². The molecule has 2 heterocycles. The summed E-state index contributed by atoms with van der Waals surface area (Å²) in [5.41, 5.74) is 11.1. The van der Waals surface area contributed by atoms with Crippen LogP contribution < -0.4 is 0 Å². The van der Waals surface area contributed by atoms with Gasteiger partial charge in [-0.25, -0.2) is 0 Å². The van der Waals surface area contributed by atoms with Gasteiger partial charge in [-0.1, -0.05) is 78.9 Å². The van der Waals surface area contributed by atoms with Crippen molar-refractivity contribution in [3.63, 3.8) is 0 Å². The molecule has 9 aromatic rings. The van der Waals surface area contributed by atoms with Crippen LogP contribution in [0.25, 0.3) is 77.2 Å². The van der Waals surface area contributed by atoms with Crippen molar-refractivity contribution in [2.24, 2.45) is 0 Å². The highest BCUT2D eigenvalue weighted by Gasteiger charge is 2.20. The lowest BCUT2D eigenvalue weighted by molar-refractivity contribution is 1.18. The smallest absolute Gasteiger partial charge is 0.0998 e. The quantitative estimate of drug-likeness (QED) is 0.193. The van der Waals surface area contributed by atoms with E-state index in [1.165, 1.54) is 10.8 Å². The maximum atomic E-state index is 10.5. The lowest BCUT2D eigenvalue weighted by atomic mass is 9.89. The van der Waals surface area contributed by atoms with Crippen LogP contribution in [0.1, 0.15) is 16.7 Å². The van der Waals surface area contributed by atoms with Crippen molar-refractivity contribution >= 4 is 43.6 Å². The molecule has 9 rings (SSSR count).